The van der Waals surface area contributed by atoms with E-state index in [1.54, 1.807) is 0 Å². The number of benzene rings is 5. The molecule has 0 saturated carbocycles. The first-order chi connectivity index (χ1) is 21.3. The Bertz CT molecular complexity index is 1980. The van der Waals surface area contributed by atoms with Gasteiger partial charge in [-0.25, -0.2) is 23.6 Å². The molecule has 0 atom stereocenters. The fourth-order valence-electron chi connectivity index (χ4n) is 5.56. The molecular formula is C34H25ClN3O4PS. The number of fused-ring (bicyclic) bond motifs is 3. The van der Waals surface area contributed by atoms with E-state index in [0.717, 1.165) is 22.4 Å². The minimum atomic E-state index is -4.94. The van der Waals surface area contributed by atoms with Crippen LogP contribution in [0.1, 0.15) is 0 Å². The summed E-state index contributed by atoms with van der Waals surface area (Å²) in [4.78, 5) is 5.26. The van der Waals surface area contributed by atoms with Gasteiger partial charge < -0.3 is 0 Å². The van der Waals surface area contributed by atoms with Gasteiger partial charge in [-0.2, -0.15) is 0 Å². The van der Waals surface area contributed by atoms with Crippen molar-refractivity contribution in [2.24, 2.45) is 0 Å². The summed E-state index contributed by atoms with van der Waals surface area (Å²) in [7, 11) is -7.37. The molecule has 0 fully saturated rings. The maximum absolute atomic E-state index is 8.49. The largest absolute Gasteiger partial charge is 0.290 e. The number of hydrogen-bond donors (Lipinski definition) is 0. The highest BCUT2D eigenvalue weighted by atomic mass is 35.7. The Morgan fingerprint density at radius 3 is 1.45 bits per heavy atom. The normalized spacial score (nSPS) is 11.7. The minimum absolute atomic E-state index is 0.695. The molecule has 0 radical (unpaired) electrons. The Balaban J connectivity index is 0.000000637. The first kappa shape index (κ1) is 29.8. The monoisotopic (exact) mass is 637 g/mol. The summed E-state index contributed by atoms with van der Waals surface area (Å²) in [5, 5.41) is 4.98. The van der Waals surface area contributed by atoms with E-state index in [-0.39, 0.29) is 0 Å². The maximum Gasteiger partial charge on any atom is 0.191 e. The van der Waals surface area contributed by atoms with Crippen LogP contribution in [0.2, 0.25) is 0 Å². The van der Waals surface area contributed by atoms with Crippen LogP contribution >= 0.6 is 19.5 Å². The van der Waals surface area contributed by atoms with Crippen LogP contribution in [0.5, 0.6) is 0 Å². The molecule has 0 aliphatic carbocycles. The van der Waals surface area contributed by atoms with Gasteiger partial charge in [-0.15, -0.1) is 10.2 Å². The summed E-state index contributed by atoms with van der Waals surface area (Å²) in [6.45, 7) is 0. The lowest BCUT2D eigenvalue weighted by molar-refractivity contribution is -2.00. The molecule has 5 aromatic carbocycles. The van der Waals surface area contributed by atoms with Gasteiger partial charge in [0, 0.05) is 5.69 Å². The lowest BCUT2D eigenvalue weighted by atomic mass is 10.3. The van der Waals surface area contributed by atoms with Gasteiger partial charge in [0.25, 0.3) is 0 Å². The second-order valence-electron chi connectivity index (χ2n) is 9.82. The molecule has 0 unspecified atom stereocenters. The zero-order valence-electron chi connectivity index (χ0n) is 23.1. The van der Waals surface area contributed by atoms with Gasteiger partial charge in [0.05, 0.1) is 17.2 Å². The van der Waals surface area contributed by atoms with Gasteiger partial charge >= 0.3 is 0 Å². The lowest BCUT2D eigenvalue weighted by Gasteiger charge is -2.28. The van der Waals surface area contributed by atoms with Crippen molar-refractivity contribution in [3.05, 3.63) is 157 Å². The molecule has 10 heteroatoms. The molecular weight excluding hydrogens is 613 g/mol. The quantitative estimate of drug-likeness (QED) is 0.210. The van der Waals surface area contributed by atoms with Crippen molar-refractivity contribution in [2.45, 2.75) is 0 Å². The van der Waals surface area contributed by atoms with Crippen LogP contribution in [0.4, 0.5) is 0 Å². The lowest BCUT2D eigenvalue weighted by Crippen LogP contribution is -2.68. The van der Waals surface area contributed by atoms with Crippen molar-refractivity contribution in [1.82, 2.24) is 14.0 Å². The Hall–Kier alpha value is -4.24. The molecule has 0 aliphatic heterocycles. The first-order valence-electron chi connectivity index (χ1n) is 13.5. The molecule has 0 aliphatic rings. The Kier molecular flexibility index (Phi) is 8.40. The van der Waals surface area contributed by atoms with Crippen molar-refractivity contribution < 1.29 is 28.9 Å². The van der Waals surface area contributed by atoms with Crippen molar-refractivity contribution in [3.8, 4) is 5.69 Å². The van der Waals surface area contributed by atoms with E-state index in [9.17, 15) is 0 Å². The number of para-hydroxylation sites is 3. The van der Waals surface area contributed by atoms with Crippen LogP contribution in [-0.4, -0.2) is 14.0 Å². The van der Waals surface area contributed by atoms with Gasteiger partial charge in [0.2, 0.25) is 0 Å². The average molecular weight is 638 g/mol. The Labute approximate surface area is 261 Å². The predicted octanol–water partition coefficient (Wildman–Crippen LogP) is 1.87. The molecule has 0 N–H and O–H groups in total. The standard InChI is InChI=1S/C34H25N3PS.ClHO4/c39-34-36(26-15-5-1-6-16-26)25-32(33-35-30-23-13-14-24-31(30)37(33)34)38(27-17-7-2-8-18-27,28-19-9-3-10-20-28)29-21-11-4-12-22-29;2-1(3,4)5/h1-25H;(H,2,3,4,5)/q+1;/p-1. The summed E-state index contributed by atoms with van der Waals surface area (Å²) in [6.07, 6.45) is 2.25. The second-order valence-corrected chi connectivity index (χ2v) is 14.3. The molecule has 2 aromatic heterocycles. The first-order valence-corrected chi connectivity index (χ1v) is 17.0. The Morgan fingerprint density at radius 1 is 0.568 bits per heavy atom. The van der Waals surface area contributed by atoms with E-state index < -0.39 is 17.5 Å². The molecule has 0 saturated heterocycles. The van der Waals surface area contributed by atoms with E-state index in [1.807, 2.05) is 12.1 Å². The van der Waals surface area contributed by atoms with Gasteiger partial charge in [0.15, 0.2) is 15.7 Å². The maximum atomic E-state index is 8.49. The number of aromatic nitrogens is 3. The summed E-state index contributed by atoms with van der Waals surface area (Å²) < 4.78 is 39.0. The summed E-state index contributed by atoms with van der Waals surface area (Å²) in [5.41, 5.74) is 3.87. The van der Waals surface area contributed by atoms with Crippen LogP contribution in [0.15, 0.2) is 152 Å². The summed E-state index contributed by atoms with van der Waals surface area (Å²) in [6, 6.07) is 51.3. The van der Waals surface area contributed by atoms with E-state index in [1.165, 1.54) is 21.2 Å². The number of nitrogens with zero attached hydrogens (tertiary/aromatic N) is 3. The van der Waals surface area contributed by atoms with Crippen LogP contribution in [-0.2, 0) is 0 Å². The van der Waals surface area contributed by atoms with Gasteiger partial charge in [0.1, 0.15) is 23.2 Å². The van der Waals surface area contributed by atoms with Crippen molar-refractivity contribution >= 4 is 57.4 Å². The van der Waals surface area contributed by atoms with Crippen LogP contribution in [0.25, 0.3) is 22.4 Å². The SMILES string of the molecule is S=c1n(-c2ccccc2)cc([P+](c2ccccc2)(c2ccccc2)c2ccccc2)c2nc3ccccc3n12.[O-][Cl+3]([O-])([O-])[O-]. The number of hydrogen-bond acceptors (Lipinski definition) is 6. The van der Waals surface area contributed by atoms with Gasteiger partial charge in [-0.05, 0) is 72.9 Å². The molecule has 218 valence electrons. The summed E-state index contributed by atoms with van der Waals surface area (Å²) >= 11 is 6.19. The van der Waals surface area contributed by atoms with Gasteiger partial charge in [-0.1, -0.05) is 84.9 Å². The van der Waals surface area contributed by atoms with Crippen LogP contribution < -0.4 is 39.9 Å². The fraction of sp³-hybridized carbons (Fsp3) is 0. The smallest absolute Gasteiger partial charge is 0.191 e. The van der Waals surface area contributed by atoms with E-state index >= 15 is 0 Å². The molecule has 7 rings (SSSR count). The van der Waals surface area contributed by atoms with Crippen LogP contribution in [0, 0.1) is 15.0 Å². The van der Waals surface area contributed by atoms with Crippen molar-refractivity contribution in [1.29, 1.82) is 0 Å². The Morgan fingerprint density at radius 2 is 0.977 bits per heavy atom. The molecule has 0 spiro atoms. The second kappa shape index (κ2) is 12.4. The molecule has 7 aromatic rings. The van der Waals surface area contributed by atoms with Crippen molar-refractivity contribution in [3.63, 3.8) is 0 Å². The number of imidazole rings is 1. The average Bonchev–Trinajstić information content (AvgIpc) is 3.44. The zero-order valence-corrected chi connectivity index (χ0v) is 25.6. The molecule has 7 nitrogen and oxygen atoms in total. The van der Waals surface area contributed by atoms with E-state index in [2.05, 4.69) is 149 Å². The zero-order chi connectivity index (χ0) is 30.7. The predicted molar refractivity (Wildman–Crippen MR) is 168 cm³/mol. The number of rotatable bonds is 5. The van der Waals surface area contributed by atoms with E-state index in [0.29, 0.717) is 4.77 Å². The van der Waals surface area contributed by atoms with E-state index in [4.69, 9.17) is 35.8 Å². The molecule has 0 amide bonds. The van der Waals surface area contributed by atoms with Crippen molar-refractivity contribution in [2.75, 3.05) is 0 Å². The fourth-order valence-corrected chi connectivity index (χ4v) is 10.2. The highest BCUT2D eigenvalue weighted by molar-refractivity contribution is 8.01. The molecule has 44 heavy (non-hydrogen) atoms. The minimum Gasteiger partial charge on any atom is -0.290 e. The topological polar surface area (TPSA) is 114 Å². The highest BCUT2D eigenvalue weighted by Gasteiger charge is 2.50. The number of halogens is 1. The van der Waals surface area contributed by atoms with Gasteiger partial charge in [-0.3, -0.25) is 8.97 Å². The van der Waals surface area contributed by atoms with Crippen LogP contribution in [0.3, 0.4) is 0 Å². The third-order valence-corrected chi connectivity index (χ3v) is 11.9. The highest BCUT2D eigenvalue weighted by Crippen LogP contribution is 2.55. The summed E-state index contributed by atoms with van der Waals surface area (Å²) in [5.74, 6) is 0. The third-order valence-electron chi connectivity index (χ3n) is 7.26. The molecule has 2 heterocycles. The molecule has 0 bridgehead atoms. The third kappa shape index (κ3) is 5.68.